The van der Waals surface area contributed by atoms with Crippen LogP contribution in [0.15, 0.2) is 64.0 Å². The number of sulfonamides is 1. The smallest absolute Gasteiger partial charge is 0.244 e. The number of nitrogens with one attached hydrogen (secondary N) is 1. The molecule has 2 atom stereocenters. The van der Waals surface area contributed by atoms with Crippen molar-refractivity contribution in [3.8, 4) is 11.4 Å². The summed E-state index contributed by atoms with van der Waals surface area (Å²) in [6.45, 7) is 2.49. The van der Waals surface area contributed by atoms with Gasteiger partial charge >= 0.3 is 0 Å². The Balaban J connectivity index is 1.48. The van der Waals surface area contributed by atoms with Crippen molar-refractivity contribution in [1.82, 2.24) is 19.8 Å². The average Bonchev–Trinajstić information content (AvgIpc) is 3.29. The van der Waals surface area contributed by atoms with Crippen LogP contribution in [0.4, 0.5) is 0 Å². The first-order valence-corrected chi connectivity index (χ1v) is 10.6. The maximum atomic E-state index is 12.7. The van der Waals surface area contributed by atoms with Crippen molar-refractivity contribution < 1.29 is 12.9 Å². The van der Waals surface area contributed by atoms with Crippen LogP contribution in [0.2, 0.25) is 0 Å². The molecule has 0 unspecified atom stereocenters. The third kappa shape index (κ3) is 3.84. The molecule has 8 heteroatoms. The Hall–Kier alpha value is -2.55. The molecule has 146 valence electrons. The van der Waals surface area contributed by atoms with E-state index >= 15 is 0 Å². The summed E-state index contributed by atoms with van der Waals surface area (Å²) in [4.78, 5) is 6.82. The lowest BCUT2D eigenvalue weighted by Crippen LogP contribution is -2.36. The number of likely N-dealkylation sites (tertiary alicyclic amines) is 1. The molecule has 0 amide bonds. The Labute approximate surface area is 164 Å². The maximum absolute atomic E-state index is 12.7. The molecule has 1 N–H and O–H groups in total. The molecule has 4 rings (SSSR count). The second-order valence-corrected chi connectivity index (χ2v) is 8.86. The van der Waals surface area contributed by atoms with Crippen molar-refractivity contribution >= 4 is 10.0 Å². The molecule has 1 saturated heterocycles. The number of likely N-dealkylation sites (N-methyl/N-ethyl adjacent to an activating group) is 1. The van der Waals surface area contributed by atoms with Gasteiger partial charge in [0.2, 0.25) is 21.7 Å². The summed E-state index contributed by atoms with van der Waals surface area (Å²) < 4.78 is 33.6. The highest BCUT2D eigenvalue weighted by Gasteiger charge is 2.36. The molecule has 2 aromatic carbocycles. The molecule has 0 bridgehead atoms. The standard InChI is InChI=1S/C20H22N4O3S/c1-14-8-10-17(11-9-14)28(25,26)23-16-12-18(24(2)13-16)20-21-19(22-27-20)15-6-4-3-5-7-15/h3-11,16,18,23H,12-13H2,1-2H3/t16-,18+/m1/s1. The van der Waals surface area contributed by atoms with Crippen LogP contribution in [0, 0.1) is 6.92 Å². The van der Waals surface area contributed by atoms with Crippen molar-refractivity contribution in [3.05, 3.63) is 66.1 Å². The second-order valence-electron chi connectivity index (χ2n) is 7.14. The first-order chi connectivity index (χ1) is 13.4. The summed E-state index contributed by atoms with van der Waals surface area (Å²) >= 11 is 0. The molecule has 0 radical (unpaired) electrons. The minimum atomic E-state index is -3.57. The molecule has 0 saturated carbocycles. The van der Waals surface area contributed by atoms with Gasteiger partial charge in [-0.15, -0.1) is 0 Å². The minimum absolute atomic E-state index is 0.129. The number of nitrogens with zero attached hydrogens (tertiary/aromatic N) is 3. The van der Waals surface area contributed by atoms with Gasteiger partial charge in [0.25, 0.3) is 0 Å². The monoisotopic (exact) mass is 398 g/mol. The Kier molecular flexibility index (Phi) is 5.01. The molecule has 1 aliphatic heterocycles. The van der Waals surface area contributed by atoms with Crippen molar-refractivity contribution in [2.45, 2.75) is 30.3 Å². The maximum Gasteiger partial charge on any atom is 0.244 e. The molecule has 1 fully saturated rings. The van der Waals surface area contributed by atoms with E-state index < -0.39 is 10.0 Å². The van der Waals surface area contributed by atoms with Crippen molar-refractivity contribution in [3.63, 3.8) is 0 Å². The summed E-state index contributed by atoms with van der Waals surface area (Å²) in [7, 11) is -1.64. The van der Waals surface area contributed by atoms with E-state index in [9.17, 15) is 8.42 Å². The third-order valence-electron chi connectivity index (χ3n) is 4.96. The van der Waals surface area contributed by atoms with Crippen LogP contribution in [0.3, 0.4) is 0 Å². The molecular weight excluding hydrogens is 376 g/mol. The molecule has 28 heavy (non-hydrogen) atoms. The van der Waals surface area contributed by atoms with Gasteiger partial charge in [-0.2, -0.15) is 4.98 Å². The molecule has 1 aromatic heterocycles. The van der Waals surface area contributed by atoms with Gasteiger partial charge in [0, 0.05) is 18.2 Å². The highest BCUT2D eigenvalue weighted by Crippen LogP contribution is 2.31. The van der Waals surface area contributed by atoms with E-state index in [1.165, 1.54) is 0 Å². The Morgan fingerprint density at radius 1 is 1.11 bits per heavy atom. The lowest BCUT2D eigenvalue weighted by atomic mass is 10.2. The van der Waals surface area contributed by atoms with Gasteiger partial charge in [-0.25, -0.2) is 13.1 Å². The fourth-order valence-corrected chi connectivity index (χ4v) is 4.69. The Bertz CT molecular complexity index is 1050. The van der Waals surface area contributed by atoms with Crippen LogP contribution >= 0.6 is 0 Å². The molecule has 7 nitrogen and oxygen atoms in total. The summed E-state index contributed by atoms with van der Waals surface area (Å²) in [5.74, 6) is 1.03. The van der Waals surface area contributed by atoms with Crippen LogP contribution in [0.5, 0.6) is 0 Å². The predicted molar refractivity (Wildman–Crippen MR) is 105 cm³/mol. The first-order valence-electron chi connectivity index (χ1n) is 9.10. The summed E-state index contributed by atoms with van der Waals surface area (Å²) in [5, 5.41) is 4.07. The minimum Gasteiger partial charge on any atom is -0.337 e. The quantitative estimate of drug-likeness (QED) is 0.711. The zero-order chi connectivity index (χ0) is 19.7. The van der Waals surface area contributed by atoms with E-state index in [2.05, 4.69) is 14.9 Å². The van der Waals surface area contributed by atoms with E-state index in [0.717, 1.165) is 11.1 Å². The van der Waals surface area contributed by atoms with Gasteiger partial charge < -0.3 is 4.52 Å². The lowest BCUT2D eigenvalue weighted by molar-refractivity contribution is 0.244. The summed E-state index contributed by atoms with van der Waals surface area (Å²) in [6.07, 6.45) is 0.567. The zero-order valence-electron chi connectivity index (χ0n) is 15.7. The topological polar surface area (TPSA) is 88.3 Å². The lowest BCUT2D eigenvalue weighted by Gasteiger charge is -2.14. The van der Waals surface area contributed by atoms with Gasteiger partial charge in [0.05, 0.1) is 10.9 Å². The summed E-state index contributed by atoms with van der Waals surface area (Å²) in [5.41, 5.74) is 1.90. The van der Waals surface area contributed by atoms with E-state index in [0.29, 0.717) is 24.7 Å². The van der Waals surface area contributed by atoms with Gasteiger partial charge in [0.1, 0.15) is 0 Å². The van der Waals surface area contributed by atoms with E-state index in [1.807, 2.05) is 49.2 Å². The van der Waals surface area contributed by atoms with Crippen LogP contribution in [0.1, 0.15) is 23.9 Å². The first kappa shape index (κ1) is 18.8. The van der Waals surface area contributed by atoms with Gasteiger partial charge in [0.15, 0.2) is 0 Å². The van der Waals surface area contributed by atoms with Crippen molar-refractivity contribution in [2.75, 3.05) is 13.6 Å². The SMILES string of the molecule is Cc1ccc(S(=O)(=O)N[C@@H]2C[C@@H](c3nc(-c4ccccc4)no3)N(C)C2)cc1. The number of rotatable bonds is 5. The largest absolute Gasteiger partial charge is 0.337 e. The Morgan fingerprint density at radius 3 is 2.54 bits per heavy atom. The second kappa shape index (κ2) is 7.46. The van der Waals surface area contributed by atoms with E-state index in [1.54, 1.807) is 24.3 Å². The number of hydrogen-bond donors (Lipinski definition) is 1. The van der Waals surface area contributed by atoms with E-state index in [4.69, 9.17) is 4.52 Å². The average molecular weight is 398 g/mol. The van der Waals surface area contributed by atoms with Crippen LogP contribution in [-0.2, 0) is 10.0 Å². The molecule has 3 aromatic rings. The van der Waals surface area contributed by atoms with E-state index in [-0.39, 0.29) is 17.0 Å². The predicted octanol–water partition coefficient (Wildman–Crippen LogP) is 2.77. The fraction of sp³-hybridized carbons (Fsp3) is 0.300. The fourth-order valence-electron chi connectivity index (χ4n) is 3.45. The molecule has 0 spiro atoms. The molecule has 2 heterocycles. The number of aryl methyl sites for hydroxylation is 1. The van der Waals surface area contributed by atoms with Gasteiger partial charge in [-0.1, -0.05) is 53.2 Å². The summed E-state index contributed by atoms with van der Waals surface area (Å²) in [6, 6.07) is 16.1. The van der Waals surface area contributed by atoms with Crippen molar-refractivity contribution in [2.24, 2.45) is 0 Å². The van der Waals surface area contributed by atoms with Gasteiger partial charge in [-0.05, 0) is 32.5 Å². The number of benzene rings is 2. The number of aromatic nitrogens is 2. The van der Waals surface area contributed by atoms with Gasteiger partial charge in [-0.3, -0.25) is 4.90 Å². The van der Waals surface area contributed by atoms with Crippen LogP contribution in [-0.4, -0.2) is 43.1 Å². The molecule has 1 aliphatic rings. The van der Waals surface area contributed by atoms with Crippen molar-refractivity contribution in [1.29, 1.82) is 0 Å². The molecule has 0 aliphatic carbocycles. The number of hydrogen-bond acceptors (Lipinski definition) is 6. The Morgan fingerprint density at radius 2 is 1.82 bits per heavy atom. The highest BCUT2D eigenvalue weighted by atomic mass is 32.2. The van der Waals surface area contributed by atoms with Crippen LogP contribution in [0.25, 0.3) is 11.4 Å². The molecular formula is C20H22N4O3S. The zero-order valence-corrected chi connectivity index (χ0v) is 16.6. The highest BCUT2D eigenvalue weighted by molar-refractivity contribution is 7.89. The normalized spacial score (nSPS) is 20.5. The third-order valence-corrected chi connectivity index (χ3v) is 6.50. The van der Waals surface area contributed by atoms with Crippen LogP contribution < -0.4 is 4.72 Å².